The van der Waals surface area contributed by atoms with Gasteiger partial charge in [0.15, 0.2) is 18.1 Å². The molecule has 0 aliphatic heterocycles. The highest BCUT2D eigenvalue weighted by atomic mass is 127. The molecule has 6 heteroatoms. The van der Waals surface area contributed by atoms with Crippen molar-refractivity contribution >= 4 is 40.5 Å². The van der Waals surface area contributed by atoms with Crippen LogP contribution in [0.25, 0.3) is 0 Å². The van der Waals surface area contributed by atoms with Gasteiger partial charge in [-0.15, -0.1) is 0 Å². The zero-order valence-electron chi connectivity index (χ0n) is 14.3. The Labute approximate surface area is 160 Å². The maximum Gasteiger partial charge on any atom is 0.341 e. The summed E-state index contributed by atoms with van der Waals surface area (Å²) in [5.41, 5.74) is 2.96. The smallest absolute Gasteiger partial charge is 0.341 e. The second-order valence-electron chi connectivity index (χ2n) is 5.69. The van der Waals surface area contributed by atoms with Gasteiger partial charge in [0.1, 0.15) is 0 Å². The second kappa shape index (κ2) is 8.84. The van der Waals surface area contributed by atoms with Crippen LogP contribution in [0.4, 0.5) is 5.69 Å². The number of para-hydroxylation sites is 1. The average molecular weight is 453 g/mol. The highest BCUT2D eigenvalue weighted by Crippen LogP contribution is 2.34. The van der Waals surface area contributed by atoms with E-state index in [4.69, 9.17) is 14.6 Å². The molecule has 0 aliphatic rings. The number of carboxylic acid groups (broad SMARTS) is 1. The van der Waals surface area contributed by atoms with Crippen LogP contribution in [0, 0.1) is 3.57 Å². The first kappa shape index (κ1) is 19.2. The number of ether oxygens (including phenoxy) is 2. The predicted octanol–water partition coefficient (Wildman–Crippen LogP) is 4.64. The van der Waals surface area contributed by atoms with E-state index >= 15 is 0 Å². The summed E-state index contributed by atoms with van der Waals surface area (Å²) in [4.78, 5) is 15.3. The fourth-order valence-corrected chi connectivity index (χ4v) is 3.11. The number of aliphatic carboxylic acids is 1. The second-order valence-corrected chi connectivity index (χ2v) is 6.85. The van der Waals surface area contributed by atoms with Crippen molar-refractivity contribution in [1.29, 1.82) is 0 Å². The van der Waals surface area contributed by atoms with Crippen LogP contribution in [-0.4, -0.2) is 31.0 Å². The number of hydrogen-bond donors (Lipinski definition) is 1. The highest BCUT2D eigenvalue weighted by molar-refractivity contribution is 14.1. The maximum atomic E-state index is 10.7. The van der Waals surface area contributed by atoms with Crippen LogP contribution < -0.4 is 9.47 Å². The van der Waals surface area contributed by atoms with E-state index in [-0.39, 0.29) is 0 Å². The summed E-state index contributed by atoms with van der Waals surface area (Å²) in [6.07, 6.45) is 1.77. The Morgan fingerprint density at radius 2 is 2.04 bits per heavy atom. The molecule has 2 aromatic carbocycles. The van der Waals surface area contributed by atoms with Crippen LogP contribution >= 0.6 is 22.6 Å². The van der Waals surface area contributed by atoms with E-state index in [1.54, 1.807) is 12.3 Å². The van der Waals surface area contributed by atoms with Gasteiger partial charge in [0.05, 0.1) is 16.4 Å². The van der Waals surface area contributed by atoms with Gasteiger partial charge >= 0.3 is 5.97 Å². The third-order valence-corrected chi connectivity index (χ3v) is 4.30. The first-order valence-electron chi connectivity index (χ1n) is 7.77. The van der Waals surface area contributed by atoms with E-state index < -0.39 is 12.6 Å². The van der Waals surface area contributed by atoms with Crippen molar-refractivity contribution in [3.05, 3.63) is 51.1 Å². The molecule has 1 N–H and O–H groups in total. The number of benzene rings is 2. The number of methoxy groups -OCH3 is 1. The summed E-state index contributed by atoms with van der Waals surface area (Å²) in [6.45, 7) is 3.85. The summed E-state index contributed by atoms with van der Waals surface area (Å²) >= 11 is 2.09. The minimum absolute atomic E-state index is 0.384. The summed E-state index contributed by atoms with van der Waals surface area (Å²) in [7, 11) is 1.52. The summed E-state index contributed by atoms with van der Waals surface area (Å²) < 4.78 is 11.4. The molecular formula is C19H20INO4. The van der Waals surface area contributed by atoms with Crippen molar-refractivity contribution in [2.24, 2.45) is 4.99 Å². The molecule has 0 saturated heterocycles. The number of rotatable bonds is 7. The third-order valence-electron chi connectivity index (χ3n) is 3.50. The first-order valence-corrected chi connectivity index (χ1v) is 8.85. The minimum atomic E-state index is -1.03. The quantitative estimate of drug-likeness (QED) is 0.490. The molecule has 0 bridgehead atoms. The molecule has 0 amide bonds. The average Bonchev–Trinajstić information content (AvgIpc) is 2.58. The molecule has 0 saturated carbocycles. The van der Waals surface area contributed by atoms with E-state index in [9.17, 15) is 4.79 Å². The normalized spacial score (nSPS) is 11.1. The first-order chi connectivity index (χ1) is 11.9. The Bertz CT molecular complexity index is 787. The van der Waals surface area contributed by atoms with Gasteiger partial charge in [0.25, 0.3) is 0 Å². The molecule has 5 nitrogen and oxygen atoms in total. The van der Waals surface area contributed by atoms with Gasteiger partial charge in [0, 0.05) is 6.21 Å². The lowest BCUT2D eigenvalue weighted by atomic mass is 10.0. The molecule has 2 rings (SSSR count). The molecule has 0 unspecified atom stereocenters. The molecule has 25 heavy (non-hydrogen) atoms. The lowest BCUT2D eigenvalue weighted by molar-refractivity contribution is -0.139. The van der Waals surface area contributed by atoms with E-state index in [1.165, 1.54) is 12.7 Å². The van der Waals surface area contributed by atoms with E-state index in [0.29, 0.717) is 17.4 Å². The van der Waals surface area contributed by atoms with Crippen LogP contribution in [0.2, 0.25) is 0 Å². The van der Waals surface area contributed by atoms with Gasteiger partial charge in [-0.2, -0.15) is 0 Å². The van der Waals surface area contributed by atoms with Crippen LogP contribution in [0.5, 0.6) is 11.5 Å². The zero-order chi connectivity index (χ0) is 18.4. The Morgan fingerprint density at radius 1 is 1.32 bits per heavy atom. The van der Waals surface area contributed by atoms with E-state index in [1.807, 2.05) is 24.3 Å². The summed E-state index contributed by atoms with van der Waals surface area (Å²) in [6, 6.07) is 11.7. The van der Waals surface area contributed by atoms with Gasteiger partial charge in [-0.3, -0.25) is 4.99 Å². The lowest BCUT2D eigenvalue weighted by Crippen LogP contribution is -2.11. The number of carboxylic acids is 1. The molecule has 0 fully saturated rings. The van der Waals surface area contributed by atoms with Crippen molar-refractivity contribution < 1.29 is 19.4 Å². The fraction of sp³-hybridized carbons (Fsp3) is 0.263. The largest absolute Gasteiger partial charge is 0.493 e. The monoisotopic (exact) mass is 453 g/mol. The van der Waals surface area contributed by atoms with Gasteiger partial charge < -0.3 is 14.6 Å². The van der Waals surface area contributed by atoms with Gasteiger partial charge in [0.2, 0.25) is 0 Å². The molecule has 0 aliphatic carbocycles. The van der Waals surface area contributed by atoms with Crippen molar-refractivity contribution in [3.63, 3.8) is 0 Å². The molecule has 0 aromatic heterocycles. The van der Waals surface area contributed by atoms with Gasteiger partial charge in [-0.05, 0) is 57.8 Å². The number of aliphatic imine (C=N–C) groups is 1. The standard InChI is InChI=1S/C19H20INO4/c1-12(2)14-6-4-5-7-16(14)21-10-13-8-15(20)19(17(9-13)24-3)25-11-18(22)23/h4-10,12H,11H2,1-3H3,(H,22,23). The fourth-order valence-electron chi connectivity index (χ4n) is 2.33. The lowest BCUT2D eigenvalue weighted by Gasteiger charge is -2.12. The van der Waals surface area contributed by atoms with Crippen LogP contribution in [0.15, 0.2) is 41.4 Å². The number of nitrogens with zero attached hydrogens (tertiary/aromatic N) is 1. The van der Waals surface area contributed by atoms with Crippen LogP contribution in [0.1, 0.15) is 30.9 Å². The number of halogens is 1. The topological polar surface area (TPSA) is 68.1 Å². The maximum absolute atomic E-state index is 10.7. The Morgan fingerprint density at radius 3 is 2.68 bits per heavy atom. The zero-order valence-corrected chi connectivity index (χ0v) is 16.5. The van der Waals surface area contributed by atoms with Crippen LogP contribution in [-0.2, 0) is 4.79 Å². The number of carbonyl (C=O) groups is 1. The molecule has 132 valence electrons. The molecule has 0 spiro atoms. The van der Waals surface area contributed by atoms with Crippen molar-refractivity contribution in [2.75, 3.05) is 13.7 Å². The molecular weight excluding hydrogens is 433 g/mol. The molecule has 0 heterocycles. The Kier molecular flexibility index (Phi) is 6.81. The number of hydrogen-bond acceptors (Lipinski definition) is 4. The summed E-state index contributed by atoms with van der Waals surface area (Å²) in [5, 5.41) is 8.78. The molecule has 2 aromatic rings. The molecule has 0 radical (unpaired) electrons. The van der Waals surface area contributed by atoms with Gasteiger partial charge in [-0.1, -0.05) is 32.0 Å². The predicted molar refractivity (Wildman–Crippen MR) is 107 cm³/mol. The summed E-state index contributed by atoms with van der Waals surface area (Å²) in [5.74, 6) is 0.251. The third kappa shape index (κ3) is 5.19. The van der Waals surface area contributed by atoms with Crippen molar-refractivity contribution in [1.82, 2.24) is 0 Å². The van der Waals surface area contributed by atoms with E-state index in [0.717, 1.165) is 14.8 Å². The van der Waals surface area contributed by atoms with E-state index in [2.05, 4.69) is 47.5 Å². The van der Waals surface area contributed by atoms with Gasteiger partial charge in [-0.25, -0.2) is 4.79 Å². The molecule has 0 atom stereocenters. The SMILES string of the molecule is COc1cc(C=Nc2ccccc2C(C)C)cc(I)c1OCC(=O)O. The van der Waals surface area contributed by atoms with Crippen LogP contribution in [0.3, 0.4) is 0 Å². The van der Waals surface area contributed by atoms with Crippen molar-refractivity contribution in [3.8, 4) is 11.5 Å². The minimum Gasteiger partial charge on any atom is -0.493 e. The Balaban J connectivity index is 2.32. The Hall–Kier alpha value is -2.09. The highest BCUT2D eigenvalue weighted by Gasteiger charge is 2.13. The van der Waals surface area contributed by atoms with Crippen molar-refractivity contribution in [2.45, 2.75) is 19.8 Å².